The van der Waals surface area contributed by atoms with E-state index >= 15 is 0 Å². The van der Waals surface area contributed by atoms with Crippen LogP contribution in [0.5, 0.6) is 0 Å². The average Bonchev–Trinajstić information content (AvgIpc) is 2.54. The summed E-state index contributed by atoms with van der Waals surface area (Å²) in [6.45, 7) is 2.35. The smallest absolute Gasteiger partial charge is 0.133 e. The Morgan fingerprint density at radius 2 is 2.12 bits per heavy atom. The van der Waals surface area contributed by atoms with Gasteiger partial charge in [0.05, 0.1) is 29.1 Å². The van der Waals surface area contributed by atoms with Crippen molar-refractivity contribution in [2.75, 3.05) is 0 Å². The Balaban J connectivity index is 1.91. The summed E-state index contributed by atoms with van der Waals surface area (Å²) in [7, 11) is 1.86. The summed E-state index contributed by atoms with van der Waals surface area (Å²) in [5.41, 5.74) is 1.73. The number of ketones is 1. The van der Waals surface area contributed by atoms with E-state index < -0.39 is 0 Å². The number of carbonyl (C=O) groups excluding carboxylic acids is 1. The summed E-state index contributed by atoms with van der Waals surface area (Å²) < 4.78 is 7.55. The fraction of sp³-hybridized carbons (Fsp3) is 0.667. The van der Waals surface area contributed by atoms with Gasteiger partial charge in [-0.15, -0.1) is 0 Å². The van der Waals surface area contributed by atoms with Gasteiger partial charge >= 0.3 is 0 Å². The predicted octanol–water partition coefficient (Wildman–Crippen LogP) is 2.41. The van der Waals surface area contributed by atoms with Gasteiger partial charge < -0.3 is 4.74 Å². The van der Waals surface area contributed by atoms with Crippen LogP contribution in [0.25, 0.3) is 0 Å². The Hall–Kier alpha value is -0.870. The van der Waals surface area contributed by atoms with Crippen molar-refractivity contribution >= 4 is 17.4 Å². The molecular formula is C12H17ClN2O2. The zero-order valence-corrected chi connectivity index (χ0v) is 11.0. The van der Waals surface area contributed by atoms with Crippen molar-refractivity contribution in [2.45, 2.75) is 45.3 Å². The zero-order valence-electron chi connectivity index (χ0n) is 10.2. The molecule has 0 aliphatic heterocycles. The maximum absolute atomic E-state index is 11.1. The van der Waals surface area contributed by atoms with E-state index in [2.05, 4.69) is 5.10 Å². The first-order valence-corrected chi connectivity index (χ1v) is 6.27. The van der Waals surface area contributed by atoms with Crippen LogP contribution in [-0.2, 0) is 23.2 Å². The van der Waals surface area contributed by atoms with Crippen LogP contribution in [0.1, 0.15) is 37.1 Å². The molecule has 0 saturated heterocycles. The highest BCUT2D eigenvalue weighted by Crippen LogP contribution is 2.23. The molecule has 1 fully saturated rings. The van der Waals surface area contributed by atoms with Crippen molar-refractivity contribution in [3.05, 3.63) is 16.4 Å². The monoisotopic (exact) mass is 256 g/mol. The lowest BCUT2D eigenvalue weighted by Crippen LogP contribution is -2.21. The van der Waals surface area contributed by atoms with Gasteiger partial charge in [-0.05, 0) is 19.8 Å². The first-order chi connectivity index (χ1) is 8.08. The molecule has 17 heavy (non-hydrogen) atoms. The van der Waals surface area contributed by atoms with Crippen LogP contribution in [0.15, 0.2) is 0 Å². The second-order valence-electron chi connectivity index (χ2n) is 4.52. The van der Waals surface area contributed by atoms with Gasteiger partial charge in [-0.25, -0.2) is 0 Å². The molecule has 4 nitrogen and oxygen atoms in total. The normalized spacial score (nSPS) is 17.7. The highest BCUT2D eigenvalue weighted by atomic mass is 35.5. The quantitative estimate of drug-likeness (QED) is 0.834. The van der Waals surface area contributed by atoms with Gasteiger partial charge in [-0.1, -0.05) is 11.6 Å². The number of aromatic nitrogens is 2. The number of halogens is 1. The largest absolute Gasteiger partial charge is 0.372 e. The number of carbonyl (C=O) groups is 1. The summed E-state index contributed by atoms with van der Waals surface area (Å²) in [6, 6.07) is 0. The third-order valence-corrected chi connectivity index (χ3v) is 3.70. The van der Waals surface area contributed by atoms with Gasteiger partial charge in [0.15, 0.2) is 0 Å². The number of hydrogen-bond donors (Lipinski definition) is 0. The number of aryl methyl sites for hydroxylation is 2. The second-order valence-corrected chi connectivity index (χ2v) is 4.90. The number of Topliss-reactive ketones (excluding diaryl/α,β-unsaturated/α-hetero) is 1. The molecule has 1 aliphatic rings. The Morgan fingerprint density at radius 3 is 2.65 bits per heavy atom. The molecule has 1 saturated carbocycles. The van der Waals surface area contributed by atoms with Crippen LogP contribution < -0.4 is 0 Å². The molecule has 0 amide bonds. The molecule has 1 aliphatic carbocycles. The van der Waals surface area contributed by atoms with Crippen LogP contribution in [0.3, 0.4) is 0 Å². The van der Waals surface area contributed by atoms with Gasteiger partial charge in [0, 0.05) is 19.9 Å². The van der Waals surface area contributed by atoms with Crippen molar-refractivity contribution in [1.82, 2.24) is 9.78 Å². The van der Waals surface area contributed by atoms with E-state index in [4.69, 9.17) is 16.3 Å². The molecule has 0 spiro atoms. The Morgan fingerprint density at radius 1 is 1.47 bits per heavy atom. The van der Waals surface area contributed by atoms with Crippen LogP contribution in [0.2, 0.25) is 5.02 Å². The summed E-state index contributed by atoms with van der Waals surface area (Å²) in [4.78, 5) is 11.1. The summed E-state index contributed by atoms with van der Waals surface area (Å²) in [5.74, 6) is 0.347. The van der Waals surface area contributed by atoms with Crippen LogP contribution in [0.4, 0.5) is 0 Å². The van der Waals surface area contributed by atoms with Crippen molar-refractivity contribution in [2.24, 2.45) is 7.05 Å². The molecule has 0 radical (unpaired) electrons. The summed E-state index contributed by atoms with van der Waals surface area (Å²) in [6.07, 6.45) is 3.12. The first kappa shape index (κ1) is 12.6. The molecule has 0 N–H and O–H groups in total. The standard InChI is InChI=1S/C12H17ClN2O2/c1-8-12(13)11(15(2)14-8)7-17-10-5-3-9(16)4-6-10/h10H,3-7H2,1-2H3. The molecule has 94 valence electrons. The SMILES string of the molecule is Cc1nn(C)c(COC2CCC(=O)CC2)c1Cl. The lowest BCUT2D eigenvalue weighted by Gasteiger charge is -2.21. The van der Waals surface area contributed by atoms with Crippen LogP contribution >= 0.6 is 11.6 Å². The molecule has 0 unspecified atom stereocenters. The van der Waals surface area contributed by atoms with Gasteiger partial charge in [0.1, 0.15) is 5.78 Å². The maximum Gasteiger partial charge on any atom is 0.133 e. The molecular weight excluding hydrogens is 240 g/mol. The van der Waals surface area contributed by atoms with Crippen LogP contribution in [-0.4, -0.2) is 21.7 Å². The number of hydrogen-bond acceptors (Lipinski definition) is 3. The first-order valence-electron chi connectivity index (χ1n) is 5.89. The minimum Gasteiger partial charge on any atom is -0.372 e. The third-order valence-electron chi connectivity index (χ3n) is 3.21. The molecule has 1 aromatic rings. The molecule has 5 heteroatoms. The lowest BCUT2D eigenvalue weighted by molar-refractivity contribution is -0.123. The van der Waals surface area contributed by atoms with E-state index in [1.54, 1.807) is 4.68 Å². The number of ether oxygens (including phenoxy) is 1. The van der Waals surface area contributed by atoms with E-state index in [-0.39, 0.29) is 6.10 Å². The average molecular weight is 257 g/mol. The van der Waals surface area contributed by atoms with Gasteiger partial charge in [0.2, 0.25) is 0 Å². The van der Waals surface area contributed by atoms with E-state index in [1.165, 1.54) is 0 Å². The molecule has 2 rings (SSSR count). The van der Waals surface area contributed by atoms with Crippen molar-refractivity contribution in [3.8, 4) is 0 Å². The topological polar surface area (TPSA) is 44.1 Å². The Labute approximate surface area is 106 Å². The second kappa shape index (κ2) is 5.19. The maximum atomic E-state index is 11.1. The number of rotatable bonds is 3. The summed E-state index contributed by atoms with van der Waals surface area (Å²) >= 11 is 6.14. The van der Waals surface area contributed by atoms with Crippen molar-refractivity contribution in [3.63, 3.8) is 0 Å². The molecule has 1 heterocycles. The van der Waals surface area contributed by atoms with Crippen molar-refractivity contribution in [1.29, 1.82) is 0 Å². The van der Waals surface area contributed by atoms with Crippen molar-refractivity contribution < 1.29 is 9.53 Å². The fourth-order valence-corrected chi connectivity index (χ4v) is 2.33. The zero-order chi connectivity index (χ0) is 12.4. The molecule has 0 aromatic carbocycles. The van der Waals surface area contributed by atoms with Crippen LogP contribution in [0, 0.1) is 6.92 Å². The van der Waals surface area contributed by atoms with E-state index in [9.17, 15) is 4.79 Å². The predicted molar refractivity (Wildman–Crippen MR) is 65.0 cm³/mol. The molecule has 0 atom stereocenters. The minimum absolute atomic E-state index is 0.180. The van der Waals surface area contributed by atoms with Gasteiger partial charge in [-0.3, -0.25) is 9.48 Å². The molecule has 1 aromatic heterocycles. The van der Waals surface area contributed by atoms with E-state index in [1.807, 2.05) is 14.0 Å². The lowest BCUT2D eigenvalue weighted by atomic mass is 9.96. The highest BCUT2D eigenvalue weighted by molar-refractivity contribution is 6.31. The Bertz CT molecular complexity index is 418. The summed E-state index contributed by atoms with van der Waals surface area (Å²) in [5, 5.41) is 4.92. The van der Waals surface area contributed by atoms with Gasteiger partial charge in [-0.2, -0.15) is 5.10 Å². The third kappa shape index (κ3) is 2.87. The number of nitrogens with zero attached hydrogens (tertiary/aromatic N) is 2. The molecule has 0 bridgehead atoms. The van der Waals surface area contributed by atoms with Gasteiger partial charge in [0.25, 0.3) is 0 Å². The highest BCUT2D eigenvalue weighted by Gasteiger charge is 2.20. The Kier molecular flexibility index (Phi) is 3.84. The van der Waals surface area contributed by atoms with E-state index in [0.717, 1.165) is 24.2 Å². The fourth-order valence-electron chi connectivity index (χ4n) is 2.11. The van der Waals surface area contributed by atoms with E-state index in [0.29, 0.717) is 30.3 Å². The minimum atomic E-state index is 0.180.